The van der Waals surface area contributed by atoms with Crippen LogP contribution in [0.5, 0.6) is 0 Å². The third-order valence-corrected chi connectivity index (χ3v) is 1.55. The van der Waals surface area contributed by atoms with E-state index in [1.807, 2.05) is 6.92 Å². The van der Waals surface area contributed by atoms with Crippen molar-refractivity contribution in [1.29, 1.82) is 0 Å². The zero-order valence-electron chi connectivity index (χ0n) is 6.56. The third kappa shape index (κ3) is 1.07. The second-order valence-electron chi connectivity index (χ2n) is 2.37. The van der Waals surface area contributed by atoms with E-state index in [9.17, 15) is 0 Å². The number of aryl methyl sites for hydroxylation is 1. The van der Waals surface area contributed by atoms with Crippen molar-refractivity contribution in [2.75, 3.05) is 0 Å². The van der Waals surface area contributed by atoms with E-state index in [0.717, 1.165) is 11.4 Å². The van der Waals surface area contributed by atoms with Gasteiger partial charge in [-0.25, -0.2) is 4.98 Å². The topological polar surface area (TPSA) is 51.8 Å². The maximum Gasteiger partial charge on any atom is 0.187 e. The van der Waals surface area contributed by atoms with Crippen LogP contribution in [0.2, 0.25) is 0 Å². The molecule has 2 aromatic rings. The van der Waals surface area contributed by atoms with Gasteiger partial charge in [0.2, 0.25) is 0 Å². The van der Waals surface area contributed by atoms with Crippen LogP contribution in [0.15, 0.2) is 29.2 Å². The highest BCUT2D eigenvalue weighted by Crippen LogP contribution is 2.17. The Morgan fingerprint density at radius 3 is 2.67 bits per heavy atom. The van der Waals surface area contributed by atoms with Crippen molar-refractivity contribution in [1.82, 2.24) is 15.1 Å². The van der Waals surface area contributed by atoms with Crippen LogP contribution in [-0.2, 0) is 0 Å². The molecule has 0 radical (unpaired) electrons. The first-order chi connectivity index (χ1) is 5.88. The molecule has 0 spiro atoms. The predicted molar refractivity (Wildman–Crippen MR) is 42.3 cm³/mol. The molecule has 4 nitrogen and oxygen atoms in total. The summed E-state index contributed by atoms with van der Waals surface area (Å²) in [6.07, 6.45) is 4.86. The van der Waals surface area contributed by atoms with Crippen molar-refractivity contribution >= 4 is 0 Å². The number of hydrogen-bond donors (Lipinski definition) is 0. The van der Waals surface area contributed by atoms with Gasteiger partial charge in [0.15, 0.2) is 5.76 Å². The lowest BCUT2D eigenvalue weighted by molar-refractivity contribution is 0.430. The van der Waals surface area contributed by atoms with Gasteiger partial charge in [-0.05, 0) is 6.92 Å². The lowest BCUT2D eigenvalue weighted by Gasteiger charge is -1.96. The Bertz CT molecular complexity index is 370. The summed E-state index contributed by atoms with van der Waals surface area (Å²) in [7, 11) is 0. The van der Waals surface area contributed by atoms with E-state index in [2.05, 4.69) is 15.1 Å². The molecule has 0 saturated heterocycles. The molecule has 2 rings (SSSR count). The van der Waals surface area contributed by atoms with E-state index in [-0.39, 0.29) is 0 Å². The second kappa shape index (κ2) is 2.73. The molecule has 0 N–H and O–H groups in total. The largest absolute Gasteiger partial charge is 0.355 e. The Labute approximate surface area is 69.3 Å². The van der Waals surface area contributed by atoms with Crippen molar-refractivity contribution in [3.05, 3.63) is 30.4 Å². The van der Waals surface area contributed by atoms with E-state index < -0.39 is 0 Å². The summed E-state index contributed by atoms with van der Waals surface area (Å²) in [5.74, 6) is 0.653. The molecule has 0 amide bonds. The summed E-state index contributed by atoms with van der Waals surface area (Å²) in [5.41, 5.74) is 1.59. The highest BCUT2D eigenvalue weighted by molar-refractivity contribution is 5.53. The molecule has 0 aromatic carbocycles. The average Bonchev–Trinajstić information content (AvgIpc) is 2.57. The Balaban J connectivity index is 2.55. The fourth-order valence-corrected chi connectivity index (χ4v) is 0.987. The molecular formula is C8H7N3O. The van der Waals surface area contributed by atoms with Crippen LogP contribution in [-0.4, -0.2) is 15.1 Å². The SMILES string of the molecule is Cc1nccnc1-c1ccno1. The van der Waals surface area contributed by atoms with Crippen LogP contribution < -0.4 is 0 Å². The van der Waals surface area contributed by atoms with Gasteiger partial charge < -0.3 is 4.52 Å². The van der Waals surface area contributed by atoms with Crippen molar-refractivity contribution < 1.29 is 4.52 Å². The zero-order valence-corrected chi connectivity index (χ0v) is 6.56. The lowest BCUT2D eigenvalue weighted by Crippen LogP contribution is -1.88. The van der Waals surface area contributed by atoms with Crippen LogP contribution in [0.1, 0.15) is 5.69 Å². The average molecular weight is 161 g/mol. The minimum atomic E-state index is 0.653. The minimum Gasteiger partial charge on any atom is -0.355 e. The van der Waals surface area contributed by atoms with Gasteiger partial charge >= 0.3 is 0 Å². The molecule has 4 heteroatoms. The molecule has 0 atom stereocenters. The van der Waals surface area contributed by atoms with Gasteiger partial charge in [0.25, 0.3) is 0 Å². The van der Waals surface area contributed by atoms with E-state index in [4.69, 9.17) is 4.52 Å². The molecule has 0 aliphatic carbocycles. The van der Waals surface area contributed by atoms with Crippen molar-refractivity contribution in [2.24, 2.45) is 0 Å². The molecule has 0 fully saturated rings. The standard InChI is InChI=1S/C8H7N3O/c1-6-8(10-5-4-9-6)7-2-3-11-12-7/h2-5H,1H3. The molecule has 12 heavy (non-hydrogen) atoms. The molecule has 0 aliphatic rings. The van der Waals surface area contributed by atoms with Gasteiger partial charge in [-0.1, -0.05) is 5.16 Å². The fourth-order valence-electron chi connectivity index (χ4n) is 0.987. The molecule has 0 bridgehead atoms. The normalized spacial score (nSPS) is 10.1. The Morgan fingerprint density at radius 1 is 1.17 bits per heavy atom. The van der Waals surface area contributed by atoms with Crippen molar-refractivity contribution in [3.63, 3.8) is 0 Å². The van der Waals surface area contributed by atoms with Gasteiger partial charge in [0.05, 0.1) is 11.9 Å². The molecule has 2 aromatic heterocycles. The number of aromatic nitrogens is 3. The Morgan fingerprint density at radius 2 is 2.00 bits per heavy atom. The van der Waals surface area contributed by atoms with Crippen LogP contribution in [0.25, 0.3) is 11.5 Å². The minimum absolute atomic E-state index is 0.653. The number of nitrogens with zero attached hydrogens (tertiary/aromatic N) is 3. The van der Waals surface area contributed by atoms with Crippen LogP contribution in [0, 0.1) is 6.92 Å². The fraction of sp³-hybridized carbons (Fsp3) is 0.125. The Kier molecular flexibility index (Phi) is 1.59. The summed E-state index contributed by atoms with van der Waals surface area (Å²) in [5, 5.41) is 3.60. The zero-order chi connectivity index (χ0) is 8.39. The van der Waals surface area contributed by atoms with Gasteiger partial charge in [-0.2, -0.15) is 0 Å². The lowest BCUT2D eigenvalue weighted by atomic mass is 10.2. The van der Waals surface area contributed by atoms with Crippen LogP contribution in [0.4, 0.5) is 0 Å². The summed E-state index contributed by atoms with van der Waals surface area (Å²) in [4.78, 5) is 8.21. The van der Waals surface area contributed by atoms with Crippen LogP contribution >= 0.6 is 0 Å². The highest BCUT2D eigenvalue weighted by Gasteiger charge is 2.06. The molecule has 2 heterocycles. The molecule has 0 aliphatic heterocycles. The second-order valence-corrected chi connectivity index (χ2v) is 2.37. The highest BCUT2D eigenvalue weighted by atomic mass is 16.5. The quantitative estimate of drug-likeness (QED) is 0.635. The van der Waals surface area contributed by atoms with E-state index in [0.29, 0.717) is 5.76 Å². The van der Waals surface area contributed by atoms with Gasteiger partial charge in [0.1, 0.15) is 5.69 Å². The van der Waals surface area contributed by atoms with Crippen molar-refractivity contribution in [3.8, 4) is 11.5 Å². The summed E-state index contributed by atoms with van der Waals surface area (Å²) in [6, 6.07) is 1.76. The van der Waals surface area contributed by atoms with Gasteiger partial charge in [-0.3, -0.25) is 4.98 Å². The monoisotopic (exact) mass is 161 g/mol. The smallest absolute Gasteiger partial charge is 0.187 e. The Hall–Kier alpha value is -1.71. The first-order valence-corrected chi connectivity index (χ1v) is 3.56. The maximum atomic E-state index is 4.95. The predicted octanol–water partition coefficient (Wildman–Crippen LogP) is 1.44. The molecular weight excluding hydrogens is 154 g/mol. The third-order valence-electron chi connectivity index (χ3n) is 1.55. The van der Waals surface area contributed by atoms with Crippen LogP contribution in [0.3, 0.4) is 0 Å². The van der Waals surface area contributed by atoms with E-state index >= 15 is 0 Å². The first kappa shape index (κ1) is 6.97. The first-order valence-electron chi connectivity index (χ1n) is 3.56. The summed E-state index contributed by atoms with van der Waals surface area (Å²) in [6.45, 7) is 1.88. The number of hydrogen-bond acceptors (Lipinski definition) is 4. The molecule has 0 saturated carbocycles. The van der Waals surface area contributed by atoms with Gasteiger partial charge in [0, 0.05) is 18.5 Å². The molecule has 0 unspecified atom stereocenters. The summed E-state index contributed by atoms with van der Waals surface area (Å²) < 4.78 is 4.95. The van der Waals surface area contributed by atoms with E-state index in [1.54, 1.807) is 24.7 Å². The van der Waals surface area contributed by atoms with Crippen molar-refractivity contribution in [2.45, 2.75) is 6.92 Å². The summed E-state index contributed by atoms with van der Waals surface area (Å²) >= 11 is 0. The molecule has 60 valence electrons. The van der Waals surface area contributed by atoms with Gasteiger partial charge in [-0.15, -0.1) is 0 Å². The maximum absolute atomic E-state index is 4.95. The van der Waals surface area contributed by atoms with E-state index in [1.165, 1.54) is 0 Å². The number of rotatable bonds is 1.